The van der Waals surface area contributed by atoms with Crippen LogP contribution < -0.4 is 5.32 Å². The highest BCUT2D eigenvalue weighted by Gasteiger charge is 2.40. The monoisotopic (exact) mass is 415 g/mol. The van der Waals surface area contributed by atoms with Gasteiger partial charge < -0.3 is 10.2 Å². The Kier molecular flexibility index (Phi) is 5.60. The molecular weight excluding hydrogens is 386 g/mol. The van der Waals surface area contributed by atoms with Crippen molar-refractivity contribution in [2.75, 3.05) is 19.6 Å². The van der Waals surface area contributed by atoms with E-state index in [0.717, 1.165) is 5.92 Å². The van der Waals surface area contributed by atoms with E-state index in [0.29, 0.717) is 41.1 Å². The molecule has 1 N–H and O–H groups in total. The van der Waals surface area contributed by atoms with E-state index < -0.39 is 0 Å². The number of benzene rings is 1. The molecule has 156 valence electrons. The predicted molar refractivity (Wildman–Crippen MR) is 117 cm³/mol. The van der Waals surface area contributed by atoms with Crippen LogP contribution >= 0.6 is 11.6 Å². The maximum Gasteiger partial charge on any atom is 0.328 e. The molecular formula is C23H30ClN3O2. The normalized spacial score (nSPS) is 23.3. The van der Waals surface area contributed by atoms with Gasteiger partial charge in [-0.3, -0.25) is 9.36 Å². The van der Waals surface area contributed by atoms with Crippen LogP contribution in [0.15, 0.2) is 24.4 Å². The summed E-state index contributed by atoms with van der Waals surface area (Å²) in [6.07, 6.45) is 9.16. The summed E-state index contributed by atoms with van der Waals surface area (Å²) in [5.74, 6) is 0.756. The highest BCUT2D eigenvalue weighted by Crippen LogP contribution is 2.49. The highest BCUT2D eigenvalue weighted by molar-refractivity contribution is 6.37. The molecule has 0 radical (unpaired) electrons. The summed E-state index contributed by atoms with van der Waals surface area (Å²) in [7, 11) is 0. The first-order chi connectivity index (χ1) is 14.0. The molecule has 0 spiro atoms. The molecule has 0 saturated heterocycles. The van der Waals surface area contributed by atoms with Gasteiger partial charge in [0.2, 0.25) is 0 Å². The number of halogens is 1. The smallest absolute Gasteiger partial charge is 0.328 e. The number of carbonyl (C=O) groups is 2. The van der Waals surface area contributed by atoms with Crippen molar-refractivity contribution in [3.63, 3.8) is 0 Å². The number of nitrogens with one attached hydrogen (secondary N) is 1. The van der Waals surface area contributed by atoms with Gasteiger partial charge in [-0.25, -0.2) is 4.79 Å². The summed E-state index contributed by atoms with van der Waals surface area (Å²) < 4.78 is 1.56. The zero-order valence-electron chi connectivity index (χ0n) is 17.3. The molecule has 1 heterocycles. The van der Waals surface area contributed by atoms with E-state index >= 15 is 0 Å². The van der Waals surface area contributed by atoms with Crippen LogP contribution in [0.1, 0.15) is 62.7 Å². The van der Waals surface area contributed by atoms with Crippen molar-refractivity contribution in [3.05, 3.63) is 35.0 Å². The second kappa shape index (κ2) is 8.02. The lowest BCUT2D eigenvalue weighted by Crippen LogP contribution is -2.43. The van der Waals surface area contributed by atoms with E-state index in [1.807, 2.05) is 26.0 Å². The van der Waals surface area contributed by atoms with E-state index in [9.17, 15) is 9.59 Å². The van der Waals surface area contributed by atoms with Crippen LogP contribution in [-0.2, 0) is 0 Å². The Bertz CT molecular complexity index is 910. The van der Waals surface area contributed by atoms with Gasteiger partial charge in [0.15, 0.2) is 0 Å². The van der Waals surface area contributed by atoms with Crippen molar-refractivity contribution in [3.8, 4) is 0 Å². The Balaban J connectivity index is 1.62. The van der Waals surface area contributed by atoms with Crippen LogP contribution in [0.3, 0.4) is 0 Å². The zero-order chi connectivity index (χ0) is 20.6. The second-order valence-electron chi connectivity index (χ2n) is 8.67. The molecule has 2 bridgehead atoms. The second-order valence-corrected chi connectivity index (χ2v) is 9.07. The third kappa shape index (κ3) is 3.65. The molecule has 5 rings (SSSR count). The molecule has 0 unspecified atom stereocenters. The lowest BCUT2D eigenvalue weighted by Gasteiger charge is -2.46. The van der Waals surface area contributed by atoms with Crippen LogP contribution in [0.25, 0.3) is 10.9 Å². The number of hydrogen-bond donors (Lipinski definition) is 1. The number of fused-ring (bicyclic) bond motifs is 4. The molecule has 3 saturated carbocycles. The fraction of sp³-hybridized carbons (Fsp3) is 0.565. The Labute approximate surface area is 177 Å². The van der Waals surface area contributed by atoms with Gasteiger partial charge in [0.05, 0.1) is 16.1 Å². The highest BCUT2D eigenvalue weighted by atomic mass is 35.5. The molecule has 0 atom stereocenters. The Morgan fingerprint density at radius 2 is 1.83 bits per heavy atom. The summed E-state index contributed by atoms with van der Waals surface area (Å²) >= 11 is 6.46. The van der Waals surface area contributed by atoms with Crippen LogP contribution in [0, 0.1) is 11.3 Å². The summed E-state index contributed by atoms with van der Waals surface area (Å²) in [6.45, 7) is 5.83. The quantitative estimate of drug-likeness (QED) is 0.719. The standard InChI is InChI=1S/C23H30ClN3O2/c1-3-26(4-2)22(29)27-14-17(20-18(24)6-5-7-19(20)27)21(28)25-15-23-11-8-16(9-12-23)10-13-23/h5-7,14,16H,3-4,8-13,15H2,1-2H3,(H,25,28). The fourth-order valence-electron chi connectivity index (χ4n) is 5.19. The fourth-order valence-corrected chi connectivity index (χ4v) is 5.46. The summed E-state index contributed by atoms with van der Waals surface area (Å²) in [4.78, 5) is 27.9. The number of aromatic nitrogens is 1. The van der Waals surface area contributed by atoms with E-state index in [-0.39, 0.29) is 17.4 Å². The van der Waals surface area contributed by atoms with E-state index in [1.165, 1.54) is 38.5 Å². The van der Waals surface area contributed by atoms with E-state index in [4.69, 9.17) is 11.6 Å². The average molecular weight is 416 g/mol. The predicted octanol–water partition coefficient (Wildman–Crippen LogP) is 5.30. The summed E-state index contributed by atoms with van der Waals surface area (Å²) in [5, 5.41) is 4.32. The zero-order valence-corrected chi connectivity index (χ0v) is 18.1. The maximum absolute atomic E-state index is 13.2. The van der Waals surface area contributed by atoms with Gasteiger partial charge in [-0.15, -0.1) is 0 Å². The molecule has 2 aromatic rings. The molecule has 3 aliphatic carbocycles. The van der Waals surface area contributed by atoms with Gasteiger partial charge >= 0.3 is 6.03 Å². The largest absolute Gasteiger partial charge is 0.351 e. The molecule has 29 heavy (non-hydrogen) atoms. The lowest BCUT2D eigenvalue weighted by molar-refractivity contribution is 0.0598. The van der Waals surface area contributed by atoms with Gasteiger partial charge in [0, 0.05) is 31.2 Å². The third-order valence-electron chi connectivity index (χ3n) is 7.14. The van der Waals surface area contributed by atoms with Crippen molar-refractivity contribution in [1.29, 1.82) is 0 Å². The number of hydrogen-bond acceptors (Lipinski definition) is 2. The first kappa shape index (κ1) is 20.3. The molecule has 3 fully saturated rings. The minimum atomic E-state index is -0.142. The van der Waals surface area contributed by atoms with Crippen molar-refractivity contribution in [2.24, 2.45) is 11.3 Å². The first-order valence-electron chi connectivity index (χ1n) is 10.8. The number of rotatable bonds is 5. The van der Waals surface area contributed by atoms with Gasteiger partial charge in [0.1, 0.15) is 0 Å². The SMILES string of the molecule is CCN(CC)C(=O)n1cc(C(=O)NCC23CCC(CC2)CC3)c2c(Cl)cccc21. The molecule has 3 aliphatic rings. The number of amides is 2. The van der Waals surface area contributed by atoms with Crippen molar-refractivity contribution < 1.29 is 9.59 Å². The van der Waals surface area contributed by atoms with Crippen molar-refractivity contribution in [2.45, 2.75) is 52.4 Å². The topological polar surface area (TPSA) is 54.3 Å². The molecule has 2 amide bonds. The molecule has 5 nitrogen and oxygen atoms in total. The molecule has 6 heteroatoms. The van der Waals surface area contributed by atoms with Crippen molar-refractivity contribution in [1.82, 2.24) is 14.8 Å². The van der Waals surface area contributed by atoms with Crippen LogP contribution in [0.2, 0.25) is 5.02 Å². The number of carbonyl (C=O) groups excluding carboxylic acids is 2. The average Bonchev–Trinajstić information content (AvgIpc) is 3.15. The molecule has 1 aromatic carbocycles. The minimum absolute atomic E-state index is 0.134. The van der Waals surface area contributed by atoms with Crippen LogP contribution in [0.5, 0.6) is 0 Å². The Hall–Kier alpha value is -2.01. The number of nitrogens with zero attached hydrogens (tertiary/aromatic N) is 2. The van der Waals surface area contributed by atoms with Crippen LogP contribution in [-0.4, -0.2) is 41.0 Å². The lowest BCUT2D eigenvalue weighted by atomic mass is 9.61. The van der Waals surface area contributed by atoms with Gasteiger partial charge in [-0.2, -0.15) is 0 Å². The first-order valence-corrected chi connectivity index (χ1v) is 11.2. The molecule has 1 aromatic heterocycles. The Morgan fingerprint density at radius 3 is 2.45 bits per heavy atom. The van der Waals surface area contributed by atoms with E-state index in [2.05, 4.69) is 5.32 Å². The van der Waals surface area contributed by atoms with Crippen molar-refractivity contribution >= 4 is 34.4 Å². The molecule has 0 aliphatic heterocycles. The third-order valence-corrected chi connectivity index (χ3v) is 7.45. The maximum atomic E-state index is 13.2. The Morgan fingerprint density at radius 1 is 1.17 bits per heavy atom. The van der Waals surface area contributed by atoms with Gasteiger partial charge in [-0.05, 0) is 75.8 Å². The minimum Gasteiger partial charge on any atom is -0.351 e. The summed E-state index contributed by atoms with van der Waals surface area (Å²) in [5.41, 5.74) is 1.41. The van der Waals surface area contributed by atoms with Crippen LogP contribution in [0.4, 0.5) is 4.79 Å². The van der Waals surface area contributed by atoms with Gasteiger partial charge in [-0.1, -0.05) is 17.7 Å². The van der Waals surface area contributed by atoms with E-state index in [1.54, 1.807) is 21.7 Å². The van der Waals surface area contributed by atoms with Gasteiger partial charge in [0.25, 0.3) is 5.91 Å². The summed E-state index contributed by atoms with van der Waals surface area (Å²) in [6, 6.07) is 5.30.